The molecule has 230 valence electrons. The highest BCUT2D eigenvalue weighted by molar-refractivity contribution is 5.75. The Morgan fingerprint density at radius 1 is 1.07 bits per heavy atom. The number of aliphatic hydroxyl groups excluding tert-OH is 2. The molecule has 2 aromatic heterocycles. The van der Waals surface area contributed by atoms with Crippen LogP contribution in [-0.4, -0.2) is 51.6 Å². The Kier molecular flexibility index (Phi) is 6.56. The van der Waals surface area contributed by atoms with E-state index < -0.39 is 46.3 Å². The molecule has 0 saturated heterocycles. The van der Waals surface area contributed by atoms with Gasteiger partial charge in [0.15, 0.2) is 0 Å². The number of esters is 2. The summed E-state index contributed by atoms with van der Waals surface area (Å²) in [6, 6.07) is 5.06. The van der Waals surface area contributed by atoms with E-state index in [4.69, 9.17) is 18.6 Å². The number of hydrogen-bond acceptors (Lipinski definition) is 10. The molecule has 43 heavy (non-hydrogen) atoms. The van der Waals surface area contributed by atoms with Crippen molar-refractivity contribution in [1.29, 1.82) is 0 Å². The Labute approximate surface area is 249 Å². The second-order valence-electron chi connectivity index (χ2n) is 14.1. The first-order valence-electron chi connectivity index (χ1n) is 15.5. The highest BCUT2D eigenvalue weighted by atomic mass is 16.6. The topological polar surface area (TPSA) is 145 Å². The van der Waals surface area contributed by atoms with Gasteiger partial charge in [0.25, 0.3) is 0 Å². The Hall–Kier alpha value is -3.24. The fourth-order valence-electron chi connectivity index (χ4n) is 8.45. The molecule has 0 amide bonds. The van der Waals surface area contributed by atoms with E-state index in [1.165, 1.54) is 0 Å². The molecule has 3 heterocycles. The number of carbonyl (C=O) groups excluding carboxylic acids is 2. The number of hydrogen-bond donors (Lipinski definition) is 2. The summed E-state index contributed by atoms with van der Waals surface area (Å²) in [5.41, 5.74) is -2.85. The maximum absolute atomic E-state index is 13.4. The fourth-order valence-corrected chi connectivity index (χ4v) is 8.45. The van der Waals surface area contributed by atoms with E-state index in [0.29, 0.717) is 18.4 Å². The third-order valence-electron chi connectivity index (χ3n) is 11.2. The first-order valence-corrected chi connectivity index (χ1v) is 15.5. The molecule has 10 nitrogen and oxygen atoms in total. The maximum Gasteiger partial charge on any atom is 0.345 e. The molecule has 1 aliphatic heterocycles. The Balaban J connectivity index is 1.27. The predicted molar refractivity (Wildman–Crippen MR) is 152 cm³/mol. The summed E-state index contributed by atoms with van der Waals surface area (Å²) in [4.78, 5) is 43.1. The van der Waals surface area contributed by atoms with Crippen molar-refractivity contribution in [2.75, 3.05) is 6.61 Å². The molecule has 4 fully saturated rings. The van der Waals surface area contributed by atoms with E-state index in [-0.39, 0.29) is 59.8 Å². The van der Waals surface area contributed by atoms with Crippen molar-refractivity contribution in [3.63, 3.8) is 0 Å². The Morgan fingerprint density at radius 2 is 1.79 bits per heavy atom. The molecule has 8 atom stereocenters. The van der Waals surface area contributed by atoms with Crippen LogP contribution in [0.2, 0.25) is 0 Å². The lowest BCUT2D eigenvalue weighted by Gasteiger charge is -2.66. The predicted octanol–water partition coefficient (Wildman–Crippen LogP) is 3.96. The average Bonchev–Trinajstić information content (AvgIpc) is 3.88. The summed E-state index contributed by atoms with van der Waals surface area (Å²) in [7, 11) is 0. The molecule has 10 heteroatoms. The van der Waals surface area contributed by atoms with Gasteiger partial charge < -0.3 is 28.8 Å². The molecule has 2 N–H and O–H groups in total. The molecule has 0 bridgehead atoms. The zero-order chi connectivity index (χ0) is 30.3. The number of carbonyl (C=O) groups is 2. The molecular weight excluding hydrogens is 554 g/mol. The van der Waals surface area contributed by atoms with Crippen LogP contribution in [0.3, 0.4) is 0 Å². The maximum atomic E-state index is 13.4. The summed E-state index contributed by atoms with van der Waals surface area (Å²) >= 11 is 0. The number of aromatic nitrogens is 1. The molecule has 7 rings (SSSR count). The van der Waals surface area contributed by atoms with E-state index >= 15 is 0 Å². The number of pyridine rings is 1. The second kappa shape index (κ2) is 9.89. The largest absolute Gasteiger partial charge is 0.484 e. The van der Waals surface area contributed by atoms with Gasteiger partial charge in [-0.2, -0.15) is 0 Å². The van der Waals surface area contributed by atoms with Crippen molar-refractivity contribution >= 4 is 11.9 Å². The van der Waals surface area contributed by atoms with Crippen LogP contribution < -0.4 is 10.4 Å². The molecule has 0 aromatic carbocycles. The molecule has 0 radical (unpaired) electrons. The van der Waals surface area contributed by atoms with E-state index in [1.54, 1.807) is 37.5 Å². The number of fused-ring (bicyclic) bond motifs is 4. The van der Waals surface area contributed by atoms with Crippen LogP contribution in [0.5, 0.6) is 5.75 Å². The first kappa shape index (κ1) is 28.5. The summed E-state index contributed by atoms with van der Waals surface area (Å²) in [6.07, 6.45) is 4.89. The molecule has 7 unspecified atom stereocenters. The molecule has 4 saturated carbocycles. The van der Waals surface area contributed by atoms with Crippen LogP contribution in [0, 0.1) is 34.5 Å². The van der Waals surface area contributed by atoms with Crippen molar-refractivity contribution in [3.8, 4) is 17.1 Å². The minimum atomic E-state index is -1.29. The Bertz CT molecular complexity index is 1500. The molecule has 4 aliphatic carbocycles. The summed E-state index contributed by atoms with van der Waals surface area (Å²) in [5.74, 6) is -1.26. The quantitative estimate of drug-likeness (QED) is 0.472. The third-order valence-corrected chi connectivity index (χ3v) is 11.2. The van der Waals surface area contributed by atoms with Crippen molar-refractivity contribution in [2.24, 2.45) is 34.5 Å². The lowest BCUT2D eigenvalue weighted by atomic mass is 9.42. The molecule has 0 spiro atoms. The average molecular weight is 594 g/mol. The first-order chi connectivity index (χ1) is 20.5. The fraction of sp³-hybridized carbons (Fsp3) is 0.636. The van der Waals surface area contributed by atoms with E-state index in [9.17, 15) is 24.6 Å². The van der Waals surface area contributed by atoms with Gasteiger partial charge in [-0.15, -0.1) is 0 Å². The molecular formula is C33H39NO9. The van der Waals surface area contributed by atoms with Crippen LogP contribution in [0.4, 0.5) is 0 Å². The van der Waals surface area contributed by atoms with Crippen LogP contribution in [-0.2, 0) is 19.1 Å². The lowest BCUT2D eigenvalue weighted by Crippen LogP contribution is -2.71. The minimum Gasteiger partial charge on any atom is -0.484 e. The number of ether oxygens (including phenoxy) is 3. The van der Waals surface area contributed by atoms with Gasteiger partial charge in [0.1, 0.15) is 35.4 Å². The van der Waals surface area contributed by atoms with Gasteiger partial charge in [0.2, 0.25) is 0 Å². The van der Waals surface area contributed by atoms with Gasteiger partial charge in [0, 0.05) is 35.4 Å². The standard InChI is InChI=1S/C33H39NO9/c1-31-11-10-24(42-29(38)18-8-9-18)32(2,16-40-28(37)17-6-7-17)22(31)14-23(35)33(3)27(31)26(36)25-21(43-33)13-20(41-30(25)39)19-5-4-12-34-15-19/h4-5,12-13,15,17-18,22-24,26-27,35-36H,6-11,14,16H2,1-3H3/t22?,23?,24?,26?,27?,31?,32-,33?/m1/s1. The highest BCUT2D eigenvalue weighted by Crippen LogP contribution is 2.67. The van der Waals surface area contributed by atoms with Crippen molar-refractivity contribution in [2.45, 2.75) is 89.6 Å². The van der Waals surface area contributed by atoms with Gasteiger partial charge in [-0.1, -0.05) is 13.8 Å². The summed E-state index contributed by atoms with van der Waals surface area (Å²) in [6.45, 7) is 5.84. The molecule has 5 aliphatic rings. The third kappa shape index (κ3) is 4.51. The van der Waals surface area contributed by atoms with Crippen molar-refractivity contribution in [3.05, 3.63) is 46.6 Å². The summed E-state index contributed by atoms with van der Waals surface area (Å²) in [5, 5.41) is 23.8. The van der Waals surface area contributed by atoms with Crippen LogP contribution >= 0.6 is 0 Å². The van der Waals surface area contributed by atoms with Crippen LogP contribution in [0.25, 0.3) is 11.3 Å². The smallest absolute Gasteiger partial charge is 0.345 e. The SMILES string of the molecule is CC12CCC(OC(=O)C3CC3)[C@](C)(COC(=O)C3CC3)C1CC(O)C1(C)Oc3cc(-c4cccnc4)oc(=O)c3C(O)C21. The van der Waals surface area contributed by atoms with Gasteiger partial charge in [0.05, 0.1) is 24.0 Å². The van der Waals surface area contributed by atoms with Gasteiger partial charge >= 0.3 is 17.6 Å². The van der Waals surface area contributed by atoms with Gasteiger partial charge in [-0.05, 0) is 75.3 Å². The summed E-state index contributed by atoms with van der Waals surface area (Å²) < 4.78 is 24.2. The zero-order valence-electron chi connectivity index (χ0n) is 24.8. The van der Waals surface area contributed by atoms with Gasteiger partial charge in [-0.3, -0.25) is 14.6 Å². The van der Waals surface area contributed by atoms with E-state index in [2.05, 4.69) is 11.9 Å². The normalized spacial score (nSPS) is 38.1. The van der Waals surface area contributed by atoms with Gasteiger partial charge in [-0.25, -0.2) is 4.79 Å². The van der Waals surface area contributed by atoms with Crippen LogP contribution in [0.1, 0.15) is 77.4 Å². The molecule has 2 aromatic rings. The van der Waals surface area contributed by atoms with Crippen molar-refractivity contribution in [1.82, 2.24) is 4.98 Å². The van der Waals surface area contributed by atoms with E-state index in [1.807, 2.05) is 6.92 Å². The lowest BCUT2D eigenvalue weighted by molar-refractivity contribution is -0.267. The monoisotopic (exact) mass is 593 g/mol. The van der Waals surface area contributed by atoms with E-state index in [0.717, 1.165) is 25.7 Å². The Morgan fingerprint density at radius 3 is 2.47 bits per heavy atom. The number of rotatable bonds is 6. The highest BCUT2D eigenvalue weighted by Gasteiger charge is 2.70. The zero-order valence-corrected chi connectivity index (χ0v) is 24.8. The minimum absolute atomic E-state index is 0.0216. The number of nitrogens with zero attached hydrogens (tertiary/aromatic N) is 1. The number of aliphatic hydroxyl groups is 2. The van der Waals surface area contributed by atoms with Crippen LogP contribution in [0.15, 0.2) is 39.8 Å². The van der Waals surface area contributed by atoms with Crippen molar-refractivity contribution < 1.29 is 38.4 Å². The second-order valence-corrected chi connectivity index (χ2v) is 14.1.